The standard InChI is InChI=1S/C13H22N2O3/c1-2-8-15(10-13(17)18)12(16)6-5-11-4-3-7-14-9-11/h2,11,14H,1,3-10H2,(H,17,18). The molecule has 0 spiro atoms. The van der Waals surface area contributed by atoms with Gasteiger partial charge in [-0.3, -0.25) is 9.59 Å². The molecule has 0 bridgehead atoms. The van der Waals surface area contributed by atoms with Gasteiger partial charge in [0.05, 0.1) is 0 Å². The molecule has 0 aromatic carbocycles. The first kappa shape index (κ1) is 14.7. The number of carbonyl (C=O) groups is 2. The largest absolute Gasteiger partial charge is 0.480 e. The Kier molecular flexibility index (Phi) is 6.43. The number of aliphatic carboxylic acids is 1. The SMILES string of the molecule is C=CCN(CC(=O)O)C(=O)CCC1CCCNC1. The summed E-state index contributed by atoms with van der Waals surface area (Å²) < 4.78 is 0. The minimum Gasteiger partial charge on any atom is -0.480 e. The van der Waals surface area contributed by atoms with Crippen LogP contribution in [0.15, 0.2) is 12.7 Å². The molecule has 1 saturated heterocycles. The number of carbonyl (C=O) groups excluding carboxylic acids is 1. The summed E-state index contributed by atoms with van der Waals surface area (Å²) in [5, 5.41) is 12.0. The minimum absolute atomic E-state index is 0.0946. The summed E-state index contributed by atoms with van der Waals surface area (Å²) in [6.07, 6.45) is 5.13. The zero-order valence-electron chi connectivity index (χ0n) is 10.7. The lowest BCUT2D eigenvalue weighted by Gasteiger charge is -2.24. The summed E-state index contributed by atoms with van der Waals surface area (Å²) in [4.78, 5) is 23.9. The summed E-state index contributed by atoms with van der Waals surface area (Å²) in [5.74, 6) is -0.537. The Bertz CT molecular complexity index is 299. The maximum absolute atomic E-state index is 11.9. The van der Waals surface area contributed by atoms with Crippen LogP contribution in [0.2, 0.25) is 0 Å². The van der Waals surface area contributed by atoms with E-state index >= 15 is 0 Å². The molecular weight excluding hydrogens is 232 g/mol. The van der Waals surface area contributed by atoms with Crippen molar-refractivity contribution >= 4 is 11.9 Å². The van der Waals surface area contributed by atoms with Crippen LogP contribution in [0.4, 0.5) is 0 Å². The van der Waals surface area contributed by atoms with Crippen LogP contribution in [0.5, 0.6) is 0 Å². The van der Waals surface area contributed by atoms with Crippen molar-refractivity contribution in [2.75, 3.05) is 26.2 Å². The second kappa shape index (κ2) is 7.87. The Balaban J connectivity index is 2.35. The summed E-state index contributed by atoms with van der Waals surface area (Å²) in [5.41, 5.74) is 0. The number of rotatable bonds is 7. The maximum Gasteiger partial charge on any atom is 0.323 e. The van der Waals surface area contributed by atoms with Crippen molar-refractivity contribution in [3.63, 3.8) is 0 Å². The second-order valence-electron chi connectivity index (χ2n) is 4.71. The molecule has 1 rings (SSSR count). The molecule has 1 aliphatic heterocycles. The molecule has 0 aromatic rings. The smallest absolute Gasteiger partial charge is 0.323 e. The minimum atomic E-state index is -0.982. The van der Waals surface area contributed by atoms with E-state index in [1.165, 1.54) is 4.90 Å². The van der Waals surface area contributed by atoms with Gasteiger partial charge in [0.1, 0.15) is 6.54 Å². The Morgan fingerprint density at radius 1 is 1.50 bits per heavy atom. The lowest BCUT2D eigenvalue weighted by molar-refractivity contribution is -0.144. The number of piperidine rings is 1. The van der Waals surface area contributed by atoms with E-state index in [9.17, 15) is 9.59 Å². The Labute approximate surface area is 108 Å². The first-order valence-corrected chi connectivity index (χ1v) is 6.44. The van der Waals surface area contributed by atoms with E-state index in [-0.39, 0.29) is 12.5 Å². The van der Waals surface area contributed by atoms with Gasteiger partial charge in [0.15, 0.2) is 0 Å². The lowest BCUT2D eigenvalue weighted by atomic mass is 9.94. The molecule has 0 saturated carbocycles. The molecule has 1 atom stereocenters. The van der Waals surface area contributed by atoms with Crippen LogP contribution in [-0.4, -0.2) is 48.1 Å². The van der Waals surface area contributed by atoms with E-state index in [0.29, 0.717) is 18.9 Å². The van der Waals surface area contributed by atoms with Gasteiger partial charge in [-0.05, 0) is 38.3 Å². The highest BCUT2D eigenvalue weighted by Crippen LogP contribution is 2.16. The molecule has 0 aromatic heterocycles. The van der Waals surface area contributed by atoms with E-state index in [4.69, 9.17) is 5.11 Å². The van der Waals surface area contributed by atoms with Gasteiger partial charge in [-0.2, -0.15) is 0 Å². The Hall–Kier alpha value is -1.36. The van der Waals surface area contributed by atoms with Crippen molar-refractivity contribution in [1.82, 2.24) is 10.2 Å². The highest BCUT2D eigenvalue weighted by Gasteiger charge is 2.18. The van der Waals surface area contributed by atoms with Gasteiger partial charge in [0.25, 0.3) is 0 Å². The van der Waals surface area contributed by atoms with Crippen LogP contribution < -0.4 is 5.32 Å². The second-order valence-corrected chi connectivity index (χ2v) is 4.71. The van der Waals surface area contributed by atoms with Crippen LogP contribution in [0.1, 0.15) is 25.7 Å². The number of nitrogens with one attached hydrogen (secondary N) is 1. The molecule has 1 aliphatic rings. The first-order chi connectivity index (χ1) is 8.63. The molecule has 0 radical (unpaired) electrons. The number of carboxylic acids is 1. The van der Waals surface area contributed by atoms with Crippen LogP contribution in [0.25, 0.3) is 0 Å². The highest BCUT2D eigenvalue weighted by molar-refractivity contribution is 5.81. The monoisotopic (exact) mass is 254 g/mol. The van der Waals surface area contributed by atoms with Crippen LogP contribution in [0.3, 0.4) is 0 Å². The third-order valence-electron chi connectivity index (χ3n) is 3.19. The molecule has 1 fully saturated rings. The Morgan fingerprint density at radius 2 is 2.28 bits per heavy atom. The van der Waals surface area contributed by atoms with Gasteiger partial charge in [-0.1, -0.05) is 6.08 Å². The van der Waals surface area contributed by atoms with E-state index in [1.54, 1.807) is 6.08 Å². The number of hydrogen-bond acceptors (Lipinski definition) is 3. The normalized spacial score (nSPS) is 19.2. The fourth-order valence-corrected chi connectivity index (χ4v) is 2.23. The van der Waals surface area contributed by atoms with E-state index in [1.807, 2.05) is 0 Å². The van der Waals surface area contributed by atoms with Gasteiger partial charge in [0, 0.05) is 13.0 Å². The van der Waals surface area contributed by atoms with Crippen molar-refractivity contribution in [3.8, 4) is 0 Å². The molecule has 2 N–H and O–H groups in total. The van der Waals surface area contributed by atoms with Crippen molar-refractivity contribution in [2.24, 2.45) is 5.92 Å². The molecule has 1 amide bonds. The average Bonchev–Trinajstić information content (AvgIpc) is 2.36. The molecule has 5 heteroatoms. The van der Waals surface area contributed by atoms with E-state index < -0.39 is 5.97 Å². The van der Waals surface area contributed by atoms with Crippen molar-refractivity contribution in [2.45, 2.75) is 25.7 Å². The summed E-state index contributed by atoms with van der Waals surface area (Å²) in [6, 6.07) is 0. The lowest BCUT2D eigenvalue weighted by Crippen LogP contribution is -2.36. The van der Waals surface area contributed by atoms with Crippen molar-refractivity contribution < 1.29 is 14.7 Å². The quantitative estimate of drug-likeness (QED) is 0.661. The van der Waals surface area contributed by atoms with Crippen LogP contribution in [0, 0.1) is 5.92 Å². The highest BCUT2D eigenvalue weighted by atomic mass is 16.4. The van der Waals surface area contributed by atoms with Gasteiger partial charge < -0.3 is 15.3 Å². The van der Waals surface area contributed by atoms with Gasteiger partial charge >= 0.3 is 5.97 Å². The van der Waals surface area contributed by atoms with E-state index in [2.05, 4.69) is 11.9 Å². The molecule has 1 unspecified atom stereocenters. The maximum atomic E-state index is 11.9. The van der Waals surface area contributed by atoms with Gasteiger partial charge in [-0.25, -0.2) is 0 Å². The van der Waals surface area contributed by atoms with Crippen LogP contribution in [-0.2, 0) is 9.59 Å². The number of amides is 1. The summed E-state index contributed by atoms with van der Waals surface area (Å²) in [6.45, 7) is 5.63. The molecule has 102 valence electrons. The number of carboxylic acid groups (broad SMARTS) is 1. The topological polar surface area (TPSA) is 69.6 Å². The molecular formula is C13H22N2O3. The summed E-state index contributed by atoms with van der Waals surface area (Å²) in [7, 11) is 0. The van der Waals surface area contributed by atoms with Gasteiger partial charge in [0.2, 0.25) is 5.91 Å². The van der Waals surface area contributed by atoms with Crippen molar-refractivity contribution in [3.05, 3.63) is 12.7 Å². The first-order valence-electron chi connectivity index (χ1n) is 6.44. The fraction of sp³-hybridized carbons (Fsp3) is 0.692. The third kappa shape index (κ3) is 5.31. The van der Waals surface area contributed by atoms with E-state index in [0.717, 1.165) is 32.4 Å². The molecule has 1 heterocycles. The fourth-order valence-electron chi connectivity index (χ4n) is 2.23. The summed E-state index contributed by atoms with van der Waals surface area (Å²) >= 11 is 0. The predicted molar refractivity (Wildman–Crippen MR) is 69.2 cm³/mol. The average molecular weight is 254 g/mol. The number of nitrogens with zero attached hydrogens (tertiary/aromatic N) is 1. The number of hydrogen-bond donors (Lipinski definition) is 2. The van der Waals surface area contributed by atoms with Gasteiger partial charge in [-0.15, -0.1) is 6.58 Å². The van der Waals surface area contributed by atoms with Crippen molar-refractivity contribution in [1.29, 1.82) is 0 Å². The third-order valence-corrected chi connectivity index (χ3v) is 3.19. The molecule has 0 aliphatic carbocycles. The predicted octanol–water partition coefficient (Wildman–Crippen LogP) is 0.865. The van der Waals surface area contributed by atoms with Crippen LogP contribution >= 0.6 is 0 Å². The molecule has 18 heavy (non-hydrogen) atoms. The Morgan fingerprint density at radius 3 is 2.83 bits per heavy atom. The molecule has 5 nitrogen and oxygen atoms in total. The zero-order chi connectivity index (χ0) is 13.4. The zero-order valence-corrected chi connectivity index (χ0v) is 10.7.